The van der Waals surface area contributed by atoms with E-state index in [1.165, 1.54) is 12.1 Å². The van der Waals surface area contributed by atoms with Crippen molar-refractivity contribution in [2.24, 2.45) is 0 Å². The van der Waals surface area contributed by atoms with Crippen molar-refractivity contribution in [3.05, 3.63) is 101 Å². The normalized spacial score (nSPS) is 16.8. The third-order valence-electron chi connectivity index (χ3n) is 7.12. The van der Waals surface area contributed by atoms with Crippen LogP contribution in [0.3, 0.4) is 0 Å². The third-order valence-corrected chi connectivity index (χ3v) is 7.12. The van der Waals surface area contributed by atoms with Crippen molar-refractivity contribution in [2.75, 3.05) is 21.2 Å². The molecule has 2 aliphatic heterocycles. The molecule has 0 aliphatic carbocycles. The summed E-state index contributed by atoms with van der Waals surface area (Å²) >= 11 is 0. The van der Waals surface area contributed by atoms with Gasteiger partial charge >= 0.3 is 6.03 Å². The number of hydrogen-bond donors (Lipinski definition) is 0. The zero-order valence-electron chi connectivity index (χ0n) is 22.4. The monoisotopic (exact) mass is 523 g/mol. The Kier molecular flexibility index (Phi) is 6.68. The molecule has 2 heterocycles. The zero-order chi connectivity index (χ0) is 27.9. The topological polar surface area (TPSA) is 60.9 Å². The van der Waals surface area contributed by atoms with Gasteiger partial charge in [-0.15, -0.1) is 0 Å². The van der Waals surface area contributed by atoms with E-state index < -0.39 is 23.7 Å². The number of para-hydroxylation sites is 2. The lowest BCUT2D eigenvalue weighted by atomic mass is 9.87. The molecule has 0 saturated carbocycles. The van der Waals surface area contributed by atoms with Crippen LogP contribution in [0.2, 0.25) is 0 Å². The molecule has 3 aromatic carbocycles. The number of nitrogens with zero attached hydrogens (tertiary/aromatic N) is 3. The third kappa shape index (κ3) is 4.54. The number of halogens is 1. The molecular formula is C32H30FN3O3. The van der Waals surface area contributed by atoms with Gasteiger partial charge in [0.25, 0.3) is 11.8 Å². The minimum Gasteiger partial charge on any atom is -0.362 e. The molecule has 3 aromatic rings. The first-order valence-electron chi connectivity index (χ1n) is 13.0. The van der Waals surface area contributed by atoms with Crippen molar-refractivity contribution in [3.63, 3.8) is 0 Å². The van der Waals surface area contributed by atoms with Gasteiger partial charge in [0, 0.05) is 23.4 Å². The Hall–Kier alpha value is -4.52. The smallest absolute Gasteiger partial charge is 0.343 e. The first-order chi connectivity index (χ1) is 18.6. The molecule has 198 valence electrons. The van der Waals surface area contributed by atoms with Gasteiger partial charge in [-0.1, -0.05) is 49.4 Å². The van der Waals surface area contributed by atoms with Crippen LogP contribution in [-0.4, -0.2) is 29.9 Å². The van der Waals surface area contributed by atoms with Crippen LogP contribution < -0.4 is 14.7 Å². The molecule has 7 heteroatoms. The maximum Gasteiger partial charge on any atom is 0.343 e. The predicted molar refractivity (Wildman–Crippen MR) is 153 cm³/mol. The van der Waals surface area contributed by atoms with Crippen molar-refractivity contribution < 1.29 is 18.8 Å². The number of carbonyl (C=O) groups excluding carboxylic acids is 3. The number of carbonyl (C=O) groups is 3. The summed E-state index contributed by atoms with van der Waals surface area (Å²) in [6, 6.07) is 19.1. The fourth-order valence-electron chi connectivity index (χ4n) is 5.35. The number of benzene rings is 3. The first kappa shape index (κ1) is 26.1. The van der Waals surface area contributed by atoms with E-state index in [2.05, 4.69) is 31.7 Å². The van der Waals surface area contributed by atoms with Crippen LogP contribution in [0.15, 0.2) is 84.4 Å². The van der Waals surface area contributed by atoms with E-state index in [-0.39, 0.29) is 16.7 Å². The van der Waals surface area contributed by atoms with Gasteiger partial charge in [0.2, 0.25) is 0 Å². The van der Waals surface area contributed by atoms with E-state index in [0.29, 0.717) is 11.4 Å². The average molecular weight is 524 g/mol. The zero-order valence-corrected chi connectivity index (χ0v) is 22.4. The van der Waals surface area contributed by atoms with Crippen molar-refractivity contribution in [1.29, 1.82) is 0 Å². The summed E-state index contributed by atoms with van der Waals surface area (Å²) in [4.78, 5) is 44.9. The molecule has 6 nitrogen and oxygen atoms in total. The van der Waals surface area contributed by atoms with Crippen LogP contribution in [0, 0.1) is 5.82 Å². The number of rotatable bonds is 5. The molecule has 0 aromatic heterocycles. The highest BCUT2D eigenvalue weighted by Crippen LogP contribution is 2.41. The maximum atomic E-state index is 15.7. The molecule has 0 unspecified atom stereocenters. The number of imide groups is 2. The Morgan fingerprint density at radius 1 is 0.846 bits per heavy atom. The lowest BCUT2D eigenvalue weighted by Crippen LogP contribution is -2.57. The maximum absolute atomic E-state index is 15.7. The van der Waals surface area contributed by atoms with E-state index >= 15 is 4.39 Å². The molecule has 0 N–H and O–H groups in total. The Balaban J connectivity index is 1.66. The van der Waals surface area contributed by atoms with Gasteiger partial charge in [-0.2, -0.15) is 0 Å². The van der Waals surface area contributed by atoms with Crippen molar-refractivity contribution in [1.82, 2.24) is 0 Å². The molecule has 2 aliphatic rings. The minimum absolute atomic E-state index is 0.102. The van der Waals surface area contributed by atoms with Gasteiger partial charge in [0.1, 0.15) is 11.4 Å². The van der Waals surface area contributed by atoms with Crippen LogP contribution in [0.1, 0.15) is 45.2 Å². The van der Waals surface area contributed by atoms with Gasteiger partial charge in [-0.05, 0) is 75.2 Å². The van der Waals surface area contributed by atoms with Crippen molar-refractivity contribution in [2.45, 2.75) is 39.7 Å². The molecule has 1 fully saturated rings. The van der Waals surface area contributed by atoms with Gasteiger partial charge in [-0.3, -0.25) is 9.59 Å². The molecule has 4 amide bonds. The standard InChI is InChI=1S/C32H30FN3O3/c1-5-16-34-28-19-27(33)22(17-25(28)21(2)20-32(34,3)4)18-26-29(37)35(23-12-8-6-9-13-23)31(39)36(30(26)38)24-14-10-7-11-15-24/h6-15,17-20H,5,16H2,1-4H3. The van der Waals surface area contributed by atoms with E-state index in [9.17, 15) is 14.4 Å². The quantitative estimate of drug-likeness (QED) is 0.272. The summed E-state index contributed by atoms with van der Waals surface area (Å²) in [7, 11) is 0. The second-order valence-electron chi connectivity index (χ2n) is 10.3. The summed E-state index contributed by atoms with van der Waals surface area (Å²) in [5, 5.41) is 0. The Bertz CT molecular complexity index is 1460. The fourth-order valence-corrected chi connectivity index (χ4v) is 5.35. The molecule has 39 heavy (non-hydrogen) atoms. The molecule has 0 bridgehead atoms. The van der Waals surface area contributed by atoms with Crippen LogP contribution in [0.25, 0.3) is 11.6 Å². The lowest BCUT2D eigenvalue weighted by molar-refractivity contribution is -0.121. The minimum atomic E-state index is -0.804. The largest absolute Gasteiger partial charge is 0.362 e. The predicted octanol–water partition coefficient (Wildman–Crippen LogP) is 6.82. The average Bonchev–Trinajstić information content (AvgIpc) is 2.90. The SMILES string of the molecule is CCCN1c2cc(F)c(C=C3C(=O)N(c4ccccc4)C(=O)N(c4ccccc4)C3=O)cc2C(C)=CC1(C)C. The first-order valence-corrected chi connectivity index (χ1v) is 13.0. The Labute approximate surface area is 227 Å². The summed E-state index contributed by atoms with van der Waals surface area (Å²) in [5.74, 6) is -2.16. The van der Waals surface area contributed by atoms with Crippen LogP contribution in [0.5, 0.6) is 0 Å². The Morgan fingerprint density at radius 2 is 1.38 bits per heavy atom. The van der Waals surface area contributed by atoms with Gasteiger partial charge < -0.3 is 4.90 Å². The van der Waals surface area contributed by atoms with Gasteiger partial charge in [0.05, 0.1) is 16.9 Å². The number of anilines is 3. The van der Waals surface area contributed by atoms with Gasteiger partial charge in [-0.25, -0.2) is 19.0 Å². The number of allylic oxidation sites excluding steroid dienone is 1. The molecular weight excluding hydrogens is 493 g/mol. The van der Waals surface area contributed by atoms with Crippen LogP contribution in [0.4, 0.5) is 26.2 Å². The van der Waals surface area contributed by atoms with E-state index in [1.807, 2.05) is 6.92 Å². The second kappa shape index (κ2) is 9.98. The number of fused-ring (bicyclic) bond motifs is 1. The number of barbiturate groups is 1. The highest BCUT2D eigenvalue weighted by molar-refractivity contribution is 6.46. The van der Waals surface area contributed by atoms with Crippen molar-refractivity contribution in [3.8, 4) is 0 Å². The fraction of sp³-hybridized carbons (Fsp3) is 0.219. The number of urea groups is 1. The lowest BCUT2D eigenvalue weighted by Gasteiger charge is -2.43. The second-order valence-corrected chi connectivity index (χ2v) is 10.3. The number of amides is 4. The molecule has 5 rings (SSSR count). The summed E-state index contributed by atoms with van der Waals surface area (Å²) < 4.78 is 15.7. The summed E-state index contributed by atoms with van der Waals surface area (Å²) in [6.45, 7) is 8.99. The molecule has 1 saturated heterocycles. The summed E-state index contributed by atoms with van der Waals surface area (Å²) in [5.41, 5.74) is 2.73. The highest BCUT2D eigenvalue weighted by atomic mass is 19.1. The van der Waals surface area contributed by atoms with Crippen LogP contribution >= 0.6 is 0 Å². The summed E-state index contributed by atoms with van der Waals surface area (Å²) in [6.07, 6.45) is 4.30. The number of hydrogen-bond acceptors (Lipinski definition) is 4. The van der Waals surface area contributed by atoms with Crippen molar-refractivity contribution >= 4 is 46.6 Å². The van der Waals surface area contributed by atoms with Gasteiger partial charge in [0.15, 0.2) is 0 Å². The van der Waals surface area contributed by atoms with E-state index in [0.717, 1.165) is 39.6 Å². The Morgan fingerprint density at radius 3 is 1.90 bits per heavy atom. The van der Waals surface area contributed by atoms with E-state index in [4.69, 9.17) is 0 Å². The van der Waals surface area contributed by atoms with Crippen LogP contribution in [-0.2, 0) is 9.59 Å². The molecule has 0 radical (unpaired) electrons. The molecule has 0 atom stereocenters. The highest BCUT2D eigenvalue weighted by Gasteiger charge is 2.44. The molecule has 0 spiro atoms. The van der Waals surface area contributed by atoms with E-state index in [1.54, 1.807) is 66.7 Å².